The van der Waals surface area contributed by atoms with E-state index in [1.165, 1.54) is 4.31 Å². The van der Waals surface area contributed by atoms with Gasteiger partial charge in [0.2, 0.25) is 0 Å². The fourth-order valence-corrected chi connectivity index (χ4v) is 4.99. The Morgan fingerprint density at radius 1 is 0.828 bits per heavy atom. The molecule has 152 valence electrons. The van der Waals surface area contributed by atoms with Crippen LogP contribution >= 0.6 is 0 Å². The van der Waals surface area contributed by atoms with Crippen molar-refractivity contribution in [3.8, 4) is 11.5 Å². The maximum absolute atomic E-state index is 13.7. The van der Waals surface area contributed by atoms with Gasteiger partial charge in [-0.1, -0.05) is 30.3 Å². The van der Waals surface area contributed by atoms with E-state index in [9.17, 15) is 8.42 Å². The van der Waals surface area contributed by atoms with Gasteiger partial charge in [0.25, 0.3) is 10.0 Å². The van der Waals surface area contributed by atoms with Gasteiger partial charge in [0.05, 0.1) is 30.8 Å². The zero-order valence-electron chi connectivity index (χ0n) is 17.0. The number of rotatable bonds is 7. The number of anilines is 1. The molecule has 0 unspecified atom stereocenters. The fourth-order valence-electron chi connectivity index (χ4n) is 3.36. The van der Waals surface area contributed by atoms with Crippen molar-refractivity contribution in [2.45, 2.75) is 24.8 Å². The van der Waals surface area contributed by atoms with Gasteiger partial charge in [-0.3, -0.25) is 4.31 Å². The van der Waals surface area contributed by atoms with Gasteiger partial charge in [0.1, 0.15) is 11.5 Å². The van der Waals surface area contributed by atoms with Gasteiger partial charge >= 0.3 is 0 Å². The standard InChI is InChI=1S/C23H25NO4S/c1-17-8-5-6-11-23(17)18(2)24(19-9-7-10-21(16-19)28-4)29(25,26)22-14-12-20(27-3)13-15-22/h5-16,18H,1-4H3/t18-/m0/s1. The van der Waals surface area contributed by atoms with Crippen LogP contribution in [0.2, 0.25) is 0 Å². The topological polar surface area (TPSA) is 55.8 Å². The van der Waals surface area contributed by atoms with Crippen molar-refractivity contribution in [1.29, 1.82) is 0 Å². The fraction of sp³-hybridized carbons (Fsp3) is 0.217. The summed E-state index contributed by atoms with van der Waals surface area (Å²) in [5.74, 6) is 1.19. The second-order valence-corrected chi connectivity index (χ2v) is 8.53. The maximum atomic E-state index is 13.7. The lowest BCUT2D eigenvalue weighted by molar-refractivity contribution is 0.414. The van der Waals surface area contributed by atoms with Crippen LogP contribution in [0.4, 0.5) is 5.69 Å². The minimum Gasteiger partial charge on any atom is -0.497 e. The van der Waals surface area contributed by atoms with Crippen LogP contribution in [0.25, 0.3) is 0 Å². The van der Waals surface area contributed by atoms with Gasteiger partial charge in [0, 0.05) is 6.07 Å². The summed E-state index contributed by atoms with van der Waals surface area (Å²) in [4.78, 5) is 0.196. The molecule has 0 heterocycles. The molecule has 0 aliphatic carbocycles. The molecule has 0 aliphatic rings. The summed E-state index contributed by atoms with van der Waals surface area (Å²) >= 11 is 0. The number of methoxy groups -OCH3 is 2. The molecule has 3 aromatic carbocycles. The van der Waals surface area contributed by atoms with Crippen molar-refractivity contribution >= 4 is 15.7 Å². The van der Waals surface area contributed by atoms with Crippen molar-refractivity contribution in [1.82, 2.24) is 0 Å². The van der Waals surface area contributed by atoms with Crippen LogP contribution < -0.4 is 13.8 Å². The molecule has 0 fully saturated rings. The Morgan fingerprint density at radius 3 is 2.10 bits per heavy atom. The molecule has 0 spiro atoms. The Morgan fingerprint density at radius 2 is 1.48 bits per heavy atom. The van der Waals surface area contributed by atoms with Gasteiger partial charge in [-0.25, -0.2) is 8.42 Å². The third kappa shape index (κ3) is 4.22. The van der Waals surface area contributed by atoms with E-state index >= 15 is 0 Å². The molecule has 0 aromatic heterocycles. The number of benzene rings is 3. The number of hydrogen-bond donors (Lipinski definition) is 0. The van der Waals surface area contributed by atoms with Crippen molar-refractivity contribution in [2.75, 3.05) is 18.5 Å². The van der Waals surface area contributed by atoms with Crippen molar-refractivity contribution < 1.29 is 17.9 Å². The number of ether oxygens (including phenoxy) is 2. The first-order chi connectivity index (χ1) is 13.9. The largest absolute Gasteiger partial charge is 0.497 e. The maximum Gasteiger partial charge on any atom is 0.264 e. The lowest BCUT2D eigenvalue weighted by Crippen LogP contribution is -2.34. The Labute approximate surface area is 172 Å². The zero-order chi connectivity index (χ0) is 21.0. The molecule has 1 atom stereocenters. The normalized spacial score (nSPS) is 12.3. The van der Waals surface area contributed by atoms with Crippen molar-refractivity contribution in [3.05, 3.63) is 83.9 Å². The van der Waals surface area contributed by atoms with Crippen LogP contribution in [0, 0.1) is 6.92 Å². The van der Waals surface area contributed by atoms with Gasteiger partial charge in [-0.05, 0) is 61.4 Å². The molecule has 0 amide bonds. The van der Waals surface area contributed by atoms with Crippen LogP contribution in [0.1, 0.15) is 24.1 Å². The minimum atomic E-state index is -3.85. The number of hydrogen-bond acceptors (Lipinski definition) is 4. The van der Waals surface area contributed by atoms with Crippen LogP contribution in [0.5, 0.6) is 11.5 Å². The van der Waals surface area contributed by atoms with Crippen molar-refractivity contribution in [2.24, 2.45) is 0 Å². The third-order valence-electron chi connectivity index (χ3n) is 4.91. The van der Waals surface area contributed by atoms with E-state index in [2.05, 4.69) is 0 Å². The molecule has 0 bridgehead atoms. The lowest BCUT2D eigenvalue weighted by atomic mass is 10.0. The molecule has 0 radical (unpaired) electrons. The van der Waals surface area contributed by atoms with Crippen LogP contribution in [0.15, 0.2) is 77.7 Å². The molecular formula is C23H25NO4S. The highest BCUT2D eigenvalue weighted by Crippen LogP contribution is 2.36. The molecule has 6 heteroatoms. The van der Waals surface area contributed by atoms with Crippen LogP contribution in [0.3, 0.4) is 0 Å². The first-order valence-electron chi connectivity index (χ1n) is 9.26. The molecule has 5 nitrogen and oxygen atoms in total. The number of nitrogens with zero attached hydrogens (tertiary/aromatic N) is 1. The first-order valence-corrected chi connectivity index (χ1v) is 10.7. The Balaban J connectivity index is 2.17. The van der Waals surface area contributed by atoms with Crippen LogP contribution in [-0.2, 0) is 10.0 Å². The molecular weight excluding hydrogens is 386 g/mol. The number of aryl methyl sites for hydroxylation is 1. The van der Waals surface area contributed by atoms with E-state index in [0.29, 0.717) is 17.2 Å². The van der Waals surface area contributed by atoms with Gasteiger partial charge < -0.3 is 9.47 Å². The number of sulfonamides is 1. The van der Waals surface area contributed by atoms with Gasteiger partial charge in [-0.15, -0.1) is 0 Å². The second kappa shape index (κ2) is 8.57. The summed E-state index contributed by atoms with van der Waals surface area (Å²) in [6.07, 6.45) is 0. The molecule has 0 saturated carbocycles. The monoisotopic (exact) mass is 411 g/mol. The second-order valence-electron chi connectivity index (χ2n) is 6.71. The molecule has 0 aliphatic heterocycles. The molecule has 29 heavy (non-hydrogen) atoms. The average Bonchev–Trinajstić information content (AvgIpc) is 2.74. The Hall–Kier alpha value is -2.99. The highest BCUT2D eigenvalue weighted by molar-refractivity contribution is 7.92. The van der Waals surface area contributed by atoms with E-state index in [1.807, 2.05) is 38.1 Å². The summed E-state index contributed by atoms with van der Waals surface area (Å²) in [6, 6.07) is 20.9. The van der Waals surface area contributed by atoms with E-state index in [-0.39, 0.29) is 4.90 Å². The first kappa shape index (κ1) is 20.7. The summed E-state index contributed by atoms with van der Waals surface area (Å²) in [5, 5.41) is 0. The molecule has 3 aromatic rings. The quantitative estimate of drug-likeness (QED) is 0.551. The highest BCUT2D eigenvalue weighted by atomic mass is 32.2. The smallest absolute Gasteiger partial charge is 0.264 e. The Bertz CT molecular complexity index is 1080. The summed E-state index contributed by atoms with van der Waals surface area (Å²) in [7, 11) is -0.736. The predicted octanol–water partition coefficient (Wildman–Crippen LogP) is 4.97. The molecule has 0 N–H and O–H groups in total. The van der Waals surface area contributed by atoms with Gasteiger partial charge in [-0.2, -0.15) is 0 Å². The van der Waals surface area contributed by atoms with Crippen molar-refractivity contribution in [3.63, 3.8) is 0 Å². The summed E-state index contributed by atoms with van der Waals surface area (Å²) < 4.78 is 39.3. The summed E-state index contributed by atoms with van der Waals surface area (Å²) in [6.45, 7) is 3.87. The summed E-state index contributed by atoms with van der Waals surface area (Å²) in [5.41, 5.74) is 2.50. The predicted molar refractivity (Wildman–Crippen MR) is 115 cm³/mol. The SMILES string of the molecule is COc1ccc(S(=O)(=O)N(c2cccc(OC)c2)[C@@H](C)c2ccccc2C)cc1. The van der Waals surface area contributed by atoms with E-state index in [4.69, 9.17) is 9.47 Å². The molecule has 3 rings (SSSR count). The van der Waals surface area contributed by atoms with Crippen LogP contribution in [-0.4, -0.2) is 22.6 Å². The zero-order valence-corrected chi connectivity index (χ0v) is 17.8. The average molecular weight is 412 g/mol. The lowest BCUT2D eigenvalue weighted by Gasteiger charge is -2.32. The third-order valence-corrected chi connectivity index (χ3v) is 6.83. The molecule has 0 saturated heterocycles. The van der Waals surface area contributed by atoms with E-state index < -0.39 is 16.1 Å². The van der Waals surface area contributed by atoms with Gasteiger partial charge in [0.15, 0.2) is 0 Å². The Kier molecular flexibility index (Phi) is 6.13. The highest BCUT2D eigenvalue weighted by Gasteiger charge is 2.31. The van der Waals surface area contributed by atoms with E-state index in [1.54, 1.807) is 62.8 Å². The minimum absolute atomic E-state index is 0.196. The van der Waals surface area contributed by atoms with E-state index in [0.717, 1.165) is 11.1 Å².